The Kier molecular flexibility index (Phi) is 5.44. The smallest absolute Gasteiger partial charge is 0.185 e. The SMILES string of the molecule is Cc1cc(C(=O)Cc2cccc(-c3cccc(N)c3C)c2Cl)ncc1Br. The number of Topliss-reactive ketones (excluding diaryl/α,β-unsaturated/α-hetero) is 1. The van der Waals surface area contributed by atoms with Crippen molar-refractivity contribution in [2.75, 3.05) is 5.73 Å². The fraction of sp³-hybridized carbons (Fsp3) is 0.143. The van der Waals surface area contributed by atoms with Crippen molar-refractivity contribution < 1.29 is 4.79 Å². The van der Waals surface area contributed by atoms with E-state index in [1.54, 1.807) is 12.3 Å². The van der Waals surface area contributed by atoms with Crippen molar-refractivity contribution in [3.05, 3.63) is 80.5 Å². The first-order valence-electron chi connectivity index (χ1n) is 8.16. The number of ketones is 1. The number of hydrogen-bond acceptors (Lipinski definition) is 3. The van der Waals surface area contributed by atoms with Crippen molar-refractivity contribution in [3.63, 3.8) is 0 Å². The van der Waals surface area contributed by atoms with Crippen LogP contribution >= 0.6 is 27.5 Å². The highest BCUT2D eigenvalue weighted by Crippen LogP contribution is 2.35. The van der Waals surface area contributed by atoms with Crippen LogP contribution in [0.15, 0.2) is 53.1 Å². The lowest BCUT2D eigenvalue weighted by Gasteiger charge is -2.13. The summed E-state index contributed by atoms with van der Waals surface area (Å²) in [4.78, 5) is 16.9. The first-order chi connectivity index (χ1) is 12.4. The first kappa shape index (κ1) is 18.6. The predicted octanol–water partition coefficient (Wildman–Crippen LogP) is 5.79. The Labute approximate surface area is 166 Å². The summed E-state index contributed by atoms with van der Waals surface area (Å²) in [6, 6.07) is 13.3. The van der Waals surface area contributed by atoms with E-state index in [0.29, 0.717) is 10.7 Å². The molecule has 2 N–H and O–H groups in total. The van der Waals surface area contributed by atoms with Crippen LogP contribution in [0.1, 0.15) is 27.2 Å². The highest BCUT2D eigenvalue weighted by atomic mass is 79.9. The molecule has 3 nitrogen and oxygen atoms in total. The molecule has 5 heteroatoms. The van der Waals surface area contributed by atoms with E-state index in [9.17, 15) is 4.79 Å². The number of nitrogens with zero attached hydrogens (tertiary/aromatic N) is 1. The Hall–Kier alpha value is -2.17. The molecule has 0 atom stereocenters. The van der Waals surface area contributed by atoms with E-state index in [1.807, 2.05) is 50.2 Å². The van der Waals surface area contributed by atoms with Crippen molar-refractivity contribution in [1.82, 2.24) is 4.98 Å². The third-order valence-corrected chi connectivity index (χ3v) is 5.70. The fourth-order valence-electron chi connectivity index (χ4n) is 2.82. The average Bonchev–Trinajstić information content (AvgIpc) is 2.62. The second-order valence-electron chi connectivity index (χ2n) is 6.22. The first-order valence-corrected chi connectivity index (χ1v) is 9.33. The van der Waals surface area contributed by atoms with Gasteiger partial charge in [-0.05, 0) is 64.2 Å². The van der Waals surface area contributed by atoms with Crippen molar-refractivity contribution >= 4 is 39.0 Å². The lowest BCUT2D eigenvalue weighted by atomic mass is 9.96. The summed E-state index contributed by atoms with van der Waals surface area (Å²) in [5, 5.41) is 0.573. The van der Waals surface area contributed by atoms with Crippen LogP contribution in [0.25, 0.3) is 11.1 Å². The van der Waals surface area contributed by atoms with Gasteiger partial charge >= 0.3 is 0 Å². The van der Waals surface area contributed by atoms with Gasteiger partial charge < -0.3 is 5.73 Å². The summed E-state index contributed by atoms with van der Waals surface area (Å²) >= 11 is 10.0. The molecule has 3 aromatic rings. The Morgan fingerprint density at radius 3 is 2.58 bits per heavy atom. The minimum absolute atomic E-state index is 0.0658. The van der Waals surface area contributed by atoms with Gasteiger partial charge in [0.15, 0.2) is 5.78 Å². The number of hydrogen-bond donors (Lipinski definition) is 1. The molecule has 0 spiro atoms. The van der Waals surface area contributed by atoms with Crippen LogP contribution in [-0.4, -0.2) is 10.8 Å². The summed E-state index contributed by atoms with van der Waals surface area (Å²) in [5.74, 6) is -0.0658. The van der Waals surface area contributed by atoms with Gasteiger partial charge in [-0.2, -0.15) is 0 Å². The molecule has 0 saturated heterocycles. The van der Waals surface area contributed by atoms with E-state index in [2.05, 4.69) is 20.9 Å². The van der Waals surface area contributed by atoms with E-state index < -0.39 is 0 Å². The summed E-state index contributed by atoms with van der Waals surface area (Å²) in [6.07, 6.45) is 1.85. The molecule has 0 aliphatic carbocycles. The van der Waals surface area contributed by atoms with E-state index in [1.165, 1.54) is 0 Å². The zero-order chi connectivity index (χ0) is 18.8. The average molecular weight is 430 g/mol. The standard InChI is InChI=1S/C21H18BrClN2O/c1-12-9-19(25-11-17(12)22)20(26)10-14-5-3-7-16(21(14)23)15-6-4-8-18(24)13(15)2/h3-9,11H,10,24H2,1-2H3. The fourth-order valence-corrected chi connectivity index (χ4v) is 3.34. The predicted molar refractivity (Wildman–Crippen MR) is 111 cm³/mol. The Balaban J connectivity index is 1.96. The number of anilines is 1. The highest BCUT2D eigenvalue weighted by Gasteiger charge is 2.16. The van der Waals surface area contributed by atoms with Crippen LogP contribution in [-0.2, 0) is 6.42 Å². The van der Waals surface area contributed by atoms with Gasteiger partial charge in [-0.25, -0.2) is 0 Å². The Morgan fingerprint density at radius 2 is 1.85 bits per heavy atom. The van der Waals surface area contributed by atoms with Crippen LogP contribution < -0.4 is 5.73 Å². The molecule has 1 aromatic heterocycles. The molecule has 0 bridgehead atoms. The van der Waals surface area contributed by atoms with E-state index in [4.69, 9.17) is 17.3 Å². The largest absolute Gasteiger partial charge is 0.398 e. The molecule has 0 radical (unpaired) electrons. The van der Waals surface area contributed by atoms with Gasteiger partial charge in [-0.3, -0.25) is 9.78 Å². The number of halogens is 2. The second-order valence-corrected chi connectivity index (χ2v) is 7.45. The van der Waals surface area contributed by atoms with Gasteiger partial charge in [0.05, 0.1) is 5.02 Å². The number of aryl methyl sites for hydroxylation is 1. The molecule has 26 heavy (non-hydrogen) atoms. The van der Waals surface area contributed by atoms with Gasteiger partial charge in [-0.1, -0.05) is 41.9 Å². The number of carbonyl (C=O) groups excluding carboxylic acids is 1. The number of carbonyl (C=O) groups is 1. The van der Waals surface area contributed by atoms with Crippen molar-refractivity contribution in [2.45, 2.75) is 20.3 Å². The number of pyridine rings is 1. The molecular weight excluding hydrogens is 412 g/mol. The molecule has 0 aliphatic rings. The molecule has 1 heterocycles. The lowest BCUT2D eigenvalue weighted by molar-refractivity contribution is 0.0988. The number of benzene rings is 2. The number of aromatic nitrogens is 1. The number of nitrogen functional groups attached to an aromatic ring is 1. The number of nitrogens with two attached hydrogens (primary N) is 1. The molecule has 0 saturated carbocycles. The maximum Gasteiger partial charge on any atom is 0.185 e. The van der Waals surface area contributed by atoms with E-state index >= 15 is 0 Å². The highest BCUT2D eigenvalue weighted by molar-refractivity contribution is 9.10. The molecule has 0 unspecified atom stereocenters. The molecule has 132 valence electrons. The normalized spacial score (nSPS) is 10.8. The third kappa shape index (κ3) is 3.67. The van der Waals surface area contributed by atoms with Crippen molar-refractivity contribution in [3.8, 4) is 11.1 Å². The van der Waals surface area contributed by atoms with Gasteiger partial charge in [0.25, 0.3) is 0 Å². The second kappa shape index (κ2) is 7.60. The zero-order valence-electron chi connectivity index (χ0n) is 14.5. The molecule has 0 aliphatic heterocycles. The Bertz CT molecular complexity index is 1000. The van der Waals surface area contributed by atoms with Crippen molar-refractivity contribution in [2.24, 2.45) is 0 Å². The number of rotatable bonds is 4. The van der Waals surface area contributed by atoms with Crippen LogP contribution in [0.3, 0.4) is 0 Å². The van der Waals surface area contributed by atoms with Crippen LogP contribution in [0.4, 0.5) is 5.69 Å². The van der Waals surface area contributed by atoms with Gasteiger partial charge in [0, 0.05) is 28.3 Å². The molecular formula is C21H18BrClN2O. The van der Waals surface area contributed by atoms with Crippen LogP contribution in [0, 0.1) is 13.8 Å². The minimum atomic E-state index is -0.0658. The topological polar surface area (TPSA) is 56.0 Å². The van der Waals surface area contributed by atoms with Gasteiger partial charge in [0.1, 0.15) is 5.69 Å². The maximum absolute atomic E-state index is 12.6. The lowest BCUT2D eigenvalue weighted by Crippen LogP contribution is -2.07. The van der Waals surface area contributed by atoms with Gasteiger partial charge in [-0.15, -0.1) is 0 Å². The summed E-state index contributed by atoms with van der Waals surface area (Å²) in [6.45, 7) is 3.89. The monoisotopic (exact) mass is 428 g/mol. The summed E-state index contributed by atoms with van der Waals surface area (Å²) in [5.41, 5.74) is 11.7. The zero-order valence-corrected chi connectivity index (χ0v) is 16.9. The van der Waals surface area contributed by atoms with Crippen molar-refractivity contribution in [1.29, 1.82) is 0 Å². The van der Waals surface area contributed by atoms with Crippen LogP contribution in [0.2, 0.25) is 5.02 Å². The van der Waals surface area contributed by atoms with Gasteiger partial charge in [0.2, 0.25) is 0 Å². The molecule has 3 rings (SSSR count). The van der Waals surface area contributed by atoms with Crippen LogP contribution in [0.5, 0.6) is 0 Å². The minimum Gasteiger partial charge on any atom is -0.398 e. The summed E-state index contributed by atoms with van der Waals surface area (Å²) < 4.78 is 0.881. The molecule has 2 aromatic carbocycles. The summed E-state index contributed by atoms with van der Waals surface area (Å²) in [7, 11) is 0. The Morgan fingerprint density at radius 1 is 1.15 bits per heavy atom. The third-order valence-electron chi connectivity index (χ3n) is 4.43. The molecule has 0 amide bonds. The quantitative estimate of drug-likeness (QED) is 0.422. The maximum atomic E-state index is 12.6. The molecule has 0 fully saturated rings. The van der Waals surface area contributed by atoms with E-state index in [-0.39, 0.29) is 12.2 Å². The van der Waals surface area contributed by atoms with E-state index in [0.717, 1.165) is 38.0 Å².